The van der Waals surface area contributed by atoms with Crippen LogP contribution in [0.25, 0.3) is 15.3 Å². The molecule has 0 aliphatic carbocycles. The minimum absolute atomic E-state index is 0.0142. The number of aromatic nitrogens is 1. The number of benzene rings is 2. The Hall–Kier alpha value is -1.64. The zero-order valence-corrected chi connectivity index (χ0v) is 11.4. The van der Waals surface area contributed by atoms with Gasteiger partial charge in [-0.1, -0.05) is 0 Å². The van der Waals surface area contributed by atoms with Crippen molar-refractivity contribution in [2.75, 3.05) is 0 Å². The van der Waals surface area contributed by atoms with E-state index in [1.807, 2.05) is 31.2 Å². The van der Waals surface area contributed by atoms with Gasteiger partial charge in [0.05, 0.1) is 0 Å². The molecule has 3 aromatic rings. The molecule has 0 spiro atoms. The first kappa shape index (κ1) is 11.4. The molecule has 4 heteroatoms. The van der Waals surface area contributed by atoms with E-state index in [2.05, 4.69) is 0 Å². The molecule has 0 saturated heterocycles. The van der Waals surface area contributed by atoms with E-state index >= 15 is 0 Å². The summed E-state index contributed by atoms with van der Waals surface area (Å²) in [5, 5.41) is 0.765. The van der Waals surface area contributed by atoms with Gasteiger partial charge in [0.1, 0.15) is 0 Å². The summed E-state index contributed by atoms with van der Waals surface area (Å²) in [4.78, 5) is 12.3. The maximum absolute atomic E-state index is 13.1. The third kappa shape index (κ3) is 1.74. The zero-order chi connectivity index (χ0) is 12.7. The summed E-state index contributed by atoms with van der Waals surface area (Å²) in [7, 11) is 0. The quantitative estimate of drug-likeness (QED) is 0.633. The van der Waals surface area contributed by atoms with Crippen molar-refractivity contribution < 1.29 is 4.39 Å². The number of nitrogens with zero attached hydrogens (tertiary/aromatic N) is 1. The Morgan fingerprint density at radius 2 is 1.94 bits per heavy atom. The van der Waals surface area contributed by atoms with Crippen LogP contribution >= 0.6 is 0 Å². The summed E-state index contributed by atoms with van der Waals surface area (Å²) in [6.07, 6.45) is 0. The van der Waals surface area contributed by atoms with Gasteiger partial charge in [0.25, 0.3) is 0 Å². The first-order chi connectivity index (χ1) is 8.66. The first-order valence-electron chi connectivity index (χ1n) is 5.54. The Bertz CT molecular complexity index is 788. The standard InChI is InChI=1S/C14H10FNOSe/c1-9-8-10(15)6-7-12(9)16-14(17)11-4-2-3-5-13(11)18-16/h2-8H,1H3. The van der Waals surface area contributed by atoms with Crippen LogP contribution in [0.1, 0.15) is 5.56 Å². The van der Waals surface area contributed by atoms with Gasteiger partial charge in [0.2, 0.25) is 0 Å². The molecule has 0 fully saturated rings. The number of hydrogen-bond donors (Lipinski definition) is 0. The van der Waals surface area contributed by atoms with Crippen molar-refractivity contribution in [1.82, 2.24) is 3.56 Å². The number of hydrogen-bond acceptors (Lipinski definition) is 1. The molecule has 0 aliphatic heterocycles. The fourth-order valence-electron chi connectivity index (χ4n) is 1.98. The summed E-state index contributed by atoms with van der Waals surface area (Å²) in [5.41, 5.74) is 1.61. The van der Waals surface area contributed by atoms with Crippen LogP contribution in [0.3, 0.4) is 0 Å². The average molecular weight is 306 g/mol. The SMILES string of the molecule is Cc1cc(F)ccc1-n1[se]c2ccccc2c1=O. The van der Waals surface area contributed by atoms with Gasteiger partial charge >= 0.3 is 109 Å². The van der Waals surface area contributed by atoms with Crippen LogP contribution in [0.4, 0.5) is 4.39 Å². The van der Waals surface area contributed by atoms with Gasteiger partial charge in [-0.05, 0) is 0 Å². The van der Waals surface area contributed by atoms with Gasteiger partial charge in [0, 0.05) is 0 Å². The number of halogens is 1. The topological polar surface area (TPSA) is 22.0 Å². The Balaban J connectivity index is 2.32. The van der Waals surface area contributed by atoms with E-state index in [9.17, 15) is 9.18 Å². The molecule has 2 nitrogen and oxygen atoms in total. The molecule has 0 atom stereocenters. The molecule has 90 valence electrons. The Morgan fingerprint density at radius 1 is 1.17 bits per heavy atom. The maximum atomic E-state index is 13.1. The Labute approximate surface area is 109 Å². The fourth-order valence-corrected chi connectivity index (χ4v) is 4.23. The van der Waals surface area contributed by atoms with E-state index in [1.54, 1.807) is 9.63 Å². The van der Waals surface area contributed by atoms with Crippen molar-refractivity contribution in [1.29, 1.82) is 0 Å². The van der Waals surface area contributed by atoms with Gasteiger partial charge in [-0.3, -0.25) is 0 Å². The van der Waals surface area contributed by atoms with Gasteiger partial charge in [-0.2, -0.15) is 0 Å². The monoisotopic (exact) mass is 307 g/mol. The van der Waals surface area contributed by atoms with E-state index in [4.69, 9.17) is 0 Å². The second kappa shape index (κ2) is 4.23. The van der Waals surface area contributed by atoms with Gasteiger partial charge in [-0.25, -0.2) is 0 Å². The van der Waals surface area contributed by atoms with E-state index in [0.717, 1.165) is 20.9 Å². The van der Waals surface area contributed by atoms with Crippen molar-refractivity contribution in [2.24, 2.45) is 0 Å². The fraction of sp³-hybridized carbons (Fsp3) is 0.0714. The number of fused-ring (bicyclic) bond motifs is 1. The van der Waals surface area contributed by atoms with Crippen molar-refractivity contribution in [2.45, 2.75) is 6.92 Å². The zero-order valence-electron chi connectivity index (χ0n) is 9.68. The predicted molar refractivity (Wildman–Crippen MR) is 71.2 cm³/mol. The van der Waals surface area contributed by atoms with Crippen LogP contribution < -0.4 is 5.56 Å². The van der Waals surface area contributed by atoms with Crippen LogP contribution in [-0.4, -0.2) is 18.3 Å². The summed E-state index contributed by atoms with van der Waals surface area (Å²) < 4.78 is 15.9. The minimum atomic E-state index is -0.270. The third-order valence-electron chi connectivity index (χ3n) is 2.87. The molecule has 0 unspecified atom stereocenters. The molecule has 0 saturated carbocycles. The summed E-state index contributed by atoms with van der Waals surface area (Å²) in [6.45, 7) is 1.82. The van der Waals surface area contributed by atoms with Gasteiger partial charge < -0.3 is 0 Å². The Kier molecular flexibility index (Phi) is 2.69. The van der Waals surface area contributed by atoms with E-state index in [-0.39, 0.29) is 26.1 Å². The molecule has 0 radical (unpaired) electrons. The van der Waals surface area contributed by atoms with E-state index in [1.165, 1.54) is 12.1 Å². The van der Waals surface area contributed by atoms with Crippen LogP contribution in [0.2, 0.25) is 0 Å². The van der Waals surface area contributed by atoms with Crippen LogP contribution in [0.15, 0.2) is 47.3 Å². The summed E-state index contributed by atoms with van der Waals surface area (Å²) in [5.74, 6) is -0.270. The van der Waals surface area contributed by atoms with Gasteiger partial charge in [0.15, 0.2) is 0 Å². The van der Waals surface area contributed by atoms with Crippen molar-refractivity contribution in [3.05, 3.63) is 64.2 Å². The first-order valence-corrected chi connectivity index (χ1v) is 7.17. The molecule has 3 rings (SSSR count). The Morgan fingerprint density at radius 3 is 2.67 bits per heavy atom. The van der Waals surface area contributed by atoms with E-state index < -0.39 is 0 Å². The summed E-state index contributed by atoms with van der Waals surface area (Å²) >= 11 is -0.0593. The second-order valence-corrected chi connectivity index (χ2v) is 6.19. The molecule has 0 bridgehead atoms. The van der Waals surface area contributed by atoms with E-state index in [0.29, 0.717) is 0 Å². The molecule has 0 aliphatic rings. The molecule has 2 aromatic carbocycles. The molecular weight excluding hydrogens is 296 g/mol. The molecule has 18 heavy (non-hydrogen) atoms. The normalized spacial score (nSPS) is 11.0. The molecular formula is C14H10FNOSe. The second-order valence-electron chi connectivity index (χ2n) is 4.12. The van der Waals surface area contributed by atoms with Gasteiger partial charge in [-0.15, -0.1) is 0 Å². The molecule has 0 amide bonds. The number of aryl methyl sites for hydroxylation is 1. The van der Waals surface area contributed by atoms with Crippen LogP contribution in [0.5, 0.6) is 0 Å². The van der Waals surface area contributed by atoms with Crippen molar-refractivity contribution in [3.8, 4) is 5.69 Å². The van der Waals surface area contributed by atoms with Crippen molar-refractivity contribution in [3.63, 3.8) is 0 Å². The summed E-state index contributed by atoms with van der Waals surface area (Å²) in [6, 6.07) is 12.2. The third-order valence-corrected chi connectivity index (χ3v) is 5.17. The van der Waals surface area contributed by atoms with Crippen LogP contribution in [-0.2, 0) is 0 Å². The van der Waals surface area contributed by atoms with Crippen LogP contribution in [0, 0.1) is 12.7 Å². The average Bonchev–Trinajstić information content (AvgIpc) is 2.68. The molecule has 1 heterocycles. The number of rotatable bonds is 1. The molecule has 1 aromatic heterocycles. The molecule has 0 N–H and O–H groups in total. The predicted octanol–water partition coefficient (Wildman–Crippen LogP) is 2.50. The van der Waals surface area contributed by atoms with Crippen molar-refractivity contribution >= 4 is 24.4 Å².